The molecule has 1 rings (SSSR count). The number of nitrogens with zero attached hydrogens (tertiary/aromatic N) is 1. The van der Waals surface area contributed by atoms with Crippen LogP contribution in [-0.2, 0) is 11.3 Å². The first-order chi connectivity index (χ1) is 8.52. The Kier molecular flexibility index (Phi) is 8.13. The third-order valence-corrected chi connectivity index (χ3v) is 2.24. The van der Waals surface area contributed by atoms with E-state index < -0.39 is 0 Å². The van der Waals surface area contributed by atoms with Crippen molar-refractivity contribution in [2.24, 2.45) is 10.7 Å². The van der Waals surface area contributed by atoms with Crippen LogP contribution < -0.4 is 11.1 Å². The lowest BCUT2D eigenvalue weighted by atomic mass is 10.1. The predicted molar refractivity (Wildman–Crippen MR) is 86.8 cm³/mol. The lowest BCUT2D eigenvalue weighted by Gasteiger charge is -2.08. The first-order valence-electron chi connectivity index (χ1n) is 5.76. The van der Waals surface area contributed by atoms with Gasteiger partial charge in [-0.05, 0) is 31.5 Å². The molecule has 5 nitrogen and oxygen atoms in total. The summed E-state index contributed by atoms with van der Waals surface area (Å²) in [5, 5.41) is 3.01. The lowest BCUT2D eigenvalue weighted by molar-refractivity contribution is 0.0600. The van der Waals surface area contributed by atoms with E-state index in [9.17, 15) is 4.79 Å². The molecule has 106 valence electrons. The summed E-state index contributed by atoms with van der Waals surface area (Å²) in [6, 6.07) is 7.35. The summed E-state index contributed by atoms with van der Waals surface area (Å²) in [6.07, 6.45) is 0. The van der Waals surface area contributed by atoms with Crippen LogP contribution in [0.4, 0.5) is 0 Å². The topological polar surface area (TPSA) is 76.7 Å². The zero-order valence-electron chi connectivity index (χ0n) is 11.3. The molecular weight excluding hydrogens is 357 g/mol. The highest BCUT2D eigenvalue weighted by Crippen LogP contribution is 2.06. The number of nitrogens with one attached hydrogen (secondary N) is 1. The number of halogens is 1. The number of esters is 1. The van der Waals surface area contributed by atoms with E-state index in [0.717, 1.165) is 5.56 Å². The van der Waals surface area contributed by atoms with Crippen LogP contribution >= 0.6 is 24.0 Å². The molecule has 0 atom stereocenters. The maximum atomic E-state index is 11.2. The Morgan fingerprint density at radius 2 is 1.95 bits per heavy atom. The molecule has 0 aliphatic carbocycles. The molecule has 0 aliphatic rings. The zero-order valence-corrected chi connectivity index (χ0v) is 13.7. The zero-order chi connectivity index (χ0) is 13.5. The maximum Gasteiger partial charge on any atom is 0.337 e. The van der Waals surface area contributed by atoms with Crippen molar-refractivity contribution in [1.82, 2.24) is 5.32 Å². The first kappa shape index (κ1) is 17.7. The van der Waals surface area contributed by atoms with E-state index in [1.165, 1.54) is 7.11 Å². The average molecular weight is 377 g/mol. The fourth-order valence-electron chi connectivity index (χ4n) is 1.38. The molecule has 0 aliphatic heterocycles. The Morgan fingerprint density at radius 3 is 2.42 bits per heavy atom. The number of nitrogens with two attached hydrogens (primary N) is 1. The third kappa shape index (κ3) is 6.42. The van der Waals surface area contributed by atoms with E-state index in [1.807, 2.05) is 26.0 Å². The monoisotopic (exact) mass is 377 g/mol. The van der Waals surface area contributed by atoms with Gasteiger partial charge in [-0.1, -0.05) is 12.1 Å². The van der Waals surface area contributed by atoms with Crippen LogP contribution in [0.15, 0.2) is 29.3 Å². The van der Waals surface area contributed by atoms with Gasteiger partial charge >= 0.3 is 5.97 Å². The summed E-state index contributed by atoms with van der Waals surface area (Å²) in [5.41, 5.74) is 7.20. The summed E-state index contributed by atoms with van der Waals surface area (Å²) in [5.74, 6) is 0.0769. The fraction of sp³-hybridized carbons (Fsp3) is 0.385. The first-order valence-corrected chi connectivity index (χ1v) is 5.76. The minimum absolute atomic E-state index is 0. The summed E-state index contributed by atoms with van der Waals surface area (Å²) >= 11 is 0. The third-order valence-electron chi connectivity index (χ3n) is 2.24. The van der Waals surface area contributed by atoms with Crippen molar-refractivity contribution in [1.29, 1.82) is 0 Å². The molecule has 19 heavy (non-hydrogen) atoms. The molecule has 0 unspecified atom stereocenters. The number of hydrogen-bond acceptors (Lipinski definition) is 3. The van der Waals surface area contributed by atoms with Crippen LogP contribution in [0, 0.1) is 0 Å². The summed E-state index contributed by atoms with van der Waals surface area (Å²) in [6.45, 7) is 4.47. The van der Waals surface area contributed by atoms with Gasteiger partial charge in [0.2, 0.25) is 0 Å². The maximum absolute atomic E-state index is 11.2. The summed E-state index contributed by atoms with van der Waals surface area (Å²) < 4.78 is 4.62. The quantitative estimate of drug-likeness (QED) is 0.364. The Balaban J connectivity index is 0.00000324. The molecule has 3 N–H and O–H groups in total. The van der Waals surface area contributed by atoms with Gasteiger partial charge in [-0.2, -0.15) is 0 Å². The second-order valence-electron chi connectivity index (χ2n) is 4.19. The van der Waals surface area contributed by atoms with Crippen molar-refractivity contribution in [3.05, 3.63) is 35.4 Å². The van der Waals surface area contributed by atoms with Gasteiger partial charge in [0.05, 0.1) is 19.2 Å². The Morgan fingerprint density at radius 1 is 1.37 bits per heavy atom. The smallest absolute Gasteiger partial charge is 0.337 e. The van der Waals surface area contributed by atoms with Crippen molar-refractivity contribution in [3.8, 4) is 0 Å². The standard InChI is InChI=1S/C13H19N3O2.HI/c1-9(2)16-13(14)15-8-10-4-6-11(7-5-10)12(17)18-3;/h4-7,9H,8H2,1-3H3,(H3,14,15,16);1H. The van der Waals surface area contributed by atoms with Crippen molar-refractivity contribution in [2.45, 2.75) is 26.4 Å². The molecule has 1 aromatic rings. The van der Waals surface area contributed by atoms with Gasteiger partial charge in [-0.3, -0.25) is 0 Å². The number of guanidine groups is 1. The van der Waals surface area contributed by atoms with Crippen LogP contribution in [0.3, 0.4) is 0 Å². The minimum Gasteiger partial charge on any atom is -0.465 e. The highest BCUT2D eigenvalue weighted by atomic mass is 127. The number of methoxy groups -OCH3 is 1. The van der Waals surface area contributed by atoms with Gasteiger partial charge < -0.3 is 15.8 Å². The van der Waals surface area contributed by atoms with Crippen LogP contribution in [0.25, 0.3) is 0 Å². The Labute approximate surface area is 130 Å². The second kappa shape index (κ2) is 8.73. The molecule has 0 heterocycles. The van der Waals surface area contributed by atoms with Crippen LogP contribution in [0.5, 0.6) is 0 Å². The number of carbonyl (C=O) groups is 1. The van der Waals surface area contributed by atoms with Gasteiger partial charge in [-0.15, -0.1) is 24.0 Å². The van der Waals surface area contributed by atoms with Gasteiger partial charge in [0, 0.05) is 6.04 Å². The van der Waals surface area contributed by atoms with E-state index in [-0.39, 0.29) is 36.0 Å². The van der Waals surface area contributed by atoms with Crippen LogP contribution in [0.1, 0.15) is 29.8 Å². The van der Waals surface area contributed by atoms with E-state index >= 15 is 0 Å². The molecule has 0 radical (unpaired) electrons. The number of rotatable bonds is 4. The normalized spacial score (nSPS) is 10.8. The fourth-order valence-corrected chi connectivity index (χ4v) is 1.38. The molecule has 1 aromatic carbocycles. The summed E-state index contributed by atoms with van der Waals surface area (Å²) in [7, 11) is 1.36. The molecule has 0 spiro atoms. The van der Waals surface area contributed by atoms with Crippen molar-refractivity contribution >= 4 is 35.9 Å². The molecule has 0 fully saturated rings. The van der Waals surface area contributed by atoms with Crippen molar-refractivity contribution in [2.75, 3.05) is 7.11 Å². The number of ether oxygens (including phenoxy) is 1. The number of benzene rings is 1. The van der Waals surface area contributed by atoms with Crippen molar-refractivity contribution < 1.29 is 9.53 Å². The lowest BCUT2D eigenvalue weighted by Crippen LogP contribution is -2.36. The van der Waals surface area contributed by atoms with E-state index in [2.05, 4.69) is 15.0 Å². The summed E-state index contributed by atoms with van der Waals surface area (Å²) in [4.78, 5) is 15.4. The molecule has 0 bridgehead atoms. The Bertz CT molecular complexity index is 430. The molecule has 0 aromatic heterocycles. The van der Waals surface area contributed by atoms with Gasteiger partial charge in [0.15, 0.2) is 5.96 Å². The minimum atomic E-state index is -0.342. The van der Waals surface area contributed by atoms with Gasteiger partial charge in [0.1, 0.15) is 0 Å². The highest BCUT2D eigenvalue weighted by Gasteiger charge is 2.04. The molecular formula is C13H20IN3O2. The molecule has 6 heteroatoms. The number of aliphatic imine (C=N–C) groups is 1. The highest BCUT2D eigenvalue weighted by molar-refractivity contribution is 14.0. The van der Waals surface area contributed by atoms with Gasteiger partial charge in [-0.25, -0.2) is 9.79 Å². The SMILES string of the molecule is COC(=O)c1ccc(CN=C(N)NC(C)C)cc1.I. The second-order valence-corrected chi connectivity index (χ2v) is 4.19. The average Bonchev–Trinajstić information content (AvgIpc) is 2.35. The molecule has 0 amide bonds. The van der Waals surface area contributed by atoms with E-state index in [4.69, 9.17) is 5.73 Å². The van der Waals surface area contributed by atoms with Crippen molar-refractivity contribution in [3.63, 3.8) is 0 Å². The molecule has 0 saturated heterocycles. The van der Waals surface area contributed by atoms with Crippen LogP contribution in [0.2, 0.25) is 0 Å². The van der Waals surface area contributed by atoms with Crippen LogP contribution in [-0.4, -0.2) is 25.1 Å². The van der Waals surface area contributed by atoms with E-state index in [0.29, 0.717) is 18.1 Å². The van der Waals surface area contributed by atoms with Gasteiger partial charge in [0.25, 0.3) is 0 Å². The predicted octanol–water partition coefficient (Wildman–Crippen LogP) is 1.90. The number of carbonyl (C=O) groups excluding carboxylic acids is 1. The molecule has 0 saturated carbocycles. The number of hydrogen-bond donors (Lipinski definition) is 2. The van der Waals surface area contributed by atoms with E-state index in [1.54, 1.807) is 12.1 Å². The Hall–Kier alpha value is -1.31. The largest absolute Gasteiger partial charge is 0.465 e.